The summed E-state index contributed by atoms with van der Waals surface area (Å²) in [5.41, 5.74) is 7.05. The van der Waals surface area contributed by atoms with Gasteiger partial charge in [0.15, 0.2) is 0 Å². The number of carbonyl (C=O) groups excluding carboxylic acids is 1. The molecule has 120 valence electrons. The Bertz CT molecular complexity index is 428. The summed E-state index contributed by atoms with van der Waals surface area (Å²) in [5, 5.41) is 3.43. The molecule has 2 unspecified atom stereocenters. The van der Waals surface area contributed by atoms with Crippen LogP contribution in [0.1, 0.15) is 72.6 Å². The van der Waals surface area contributed by atoms with Crippen LogP contribution >= 0.6 is 0 Å². The van der Waals surface area contributed by atoms with E-state index in [2.05, 4.69) is 33.0 Å². The van der Waals surface area contributed by atoms with Crippen molar-refractivity contribution in [3.63, 3.8) is 0 Å². The van der Waals surface area contributed by atoms with Gasteiger partial charge in [-0.3, -0.25) is 4.79 Å². The summed E-state index contributed by atoms with van der Waals surface area (Å²) in [6.07, 6.45) is 8.51. The fourth-order valence-electron chi connectivity index (χ4n) is 6.44. The van der Waals surface area contributed by atoms with Crippen molar-refractivity contribution in [2.24, 2.45) is 28.4 Å². The molecule has 0 aliphatic heterocycles. The summed E-state index contributed by atoms with van der Waals surface area (Å²) < 4.78 is 0. The second kappa shape index (κ2) is 4.71. The van der Waals surface area contributed by atoms with Gasteiger partial charge in [-0.15, -0.1) is 0 Å². The summed E-state index contributed by atoms with van der Waals surface area (Å²) in [5.74, 6) is 1.14. The molecule has 0 radical (unpaired) electrons. The third-order valence-electron chi connectivity index (χ3n) is 6.57. The first-order valence-corrected chi connectivity index (χ1v) is 8.76. The minimum Gasteiger partial charge on any atom is -0.349 e. The molecule has 4 aliphatic carbocycles. The number of amides is 1. The van der Waals surface area contributed by atoms with Crippen molar-refractivity contribution in [3.8, 4) is 0 Å². The quantitative estimate of drug-likeness (QED) is 0.836. The summed E-state index contributed by atoms with van der Waals surface area (Å²) in [7, 11) is 0. The molecule has 0 aromatic carbocycles. The predicted molar refractivity (Wildman–Crippen MR) is 85.7 cm³/mol. The Balaban J connectivity index is 1.77. The molecule has 3 heteroatoms. The molecule has 21 heavy (non-hydrogen) atoms. The molecule has 3 nitrogen and oxygen atoms in total. The van der Waals surface area contributed by atoms with Crippen LogP contribution in [0, 0.1) is 22.7 Å². The van der Waals surface area contributed by atoms with Gasteiger partial charge in [-0.1, -0.05) is 34.1 Å². The lowest BCUT2D eigenvalue weighted by atomic mass is 9.43. The van der Waals surface area contributed by atoms with Crippen LogP contribution in [0.5, 0.6) is 0 Å². The molecular formula is C18H32N2O. The number of nitrogens with two attached hydrogens (primary N) is 1. The molecule has 0 aromatic heterocycles. The summed E-state index contributed by atoms with van der Waals surface area (Å²) >= 11 is 0. The van der Waals surface area contributed by atoms with E-state index in [1.54, 1.807) is 0 Å². The molecule has 0 heterocycles. The Kier molecular flexibility index (Phi) is 3.44. The maximum atomic E-state index is 12.6. The van der Waals surface area contributed by atoms with Gasteiger partial charge in [-0.2, -0.15) is 0 Å². The van der Waals surface area contributed by atoms with E-state index in [0.717, 1.165) is 25.2 Å². The molecule has 1 amide bonds. The Hall–Kier alpha value is -0.570. The van der Waals surface area contributed by atoms with Crippen molar-refractivity contribution >= 4 is 5.91 Å². The average Bonchev–Trinajstić information content (AvgIpc) is 2.31. The van der Waals surface area contributed by atoms with Gasteiger partial charge >= 0.3 is 0 Å². The fraction of sp³-hybridized carbons (Fsp3) is 0.944. The van der Waals surface area contributed by atoms with Gasteiger partial charge < -0.3 is 11.1 Å². The van der Waals surface area contributed by atoms with Crippen LogP contribution in [0.25, 0.3) is 0 Å². The molecule has 4 saturated carbocycles. The normalized spacial score (nSPS) is 47.2. The maximum absolute atomic E-state index is 12.6. The maximum Gasteiger partial charge on any atom is 0.237 e. The molecule has 4 rings (SSSR count). The Morgan fingerprint density at radius 2 is 1.76 bits per heavy atom. The number of carbonyl (C=O) groups is 1. The molecular weight excluding hydrogens is 260 g/mol. The summed E-state index contributed by atoms with van der Waals surface area (Å²) in [6, 6.07) is -0.358. The molecule has 4 aliphatic rings. The number of hydrogen-bond acceptors (Lipinski definition) is 2. The van der Waals surface area contributed by atoms with Crippen molar-refractivity contribution in [2.75, 3.05) is 0 Å². The van der Waals surface area contributed by atoms with Gasteiger partial charge in [0.25, 0.3) is 0 Å². The highest BCUT2D eigenvalue weighted by atomic mass is 16.2. The van der Waals surface area contributed by atoms with Crippen LogP contribution in [0.4, 0.5) is 0 Å². The first-order chi connectivity index (χ1) is 9.68. The smallest absolute Gasteiger partial charge is 0.237 e. The highest BCUT2D eigenvalue weighted by Gasteiger charge is 2.60. The van der Waals surface area contributed by atoms with E-state index in [-0.39, 0.29) is 23.4 Å². The molecule has 4 fully saturated rings. The summed E-state index contributed by atoms with van der Waals surface area (Å²) in [6.45, 7) is 9.05. The largest absolute Gasteiger partial charge is 0.349 e. The third kappa shape index (κ3) is 2.62. The molecule has 0 spiro atoms. The van der Waals surface area contributed by atoms with E-state index < -0.39 is 0 Å². The van der Waals surface area contributed by atoms with Crippen molar-refractivity contribution in [3.05, 3.63) is 0 Å². The second-order valence-corrected chi connectivity index (χ2v) is 9.31. The molecule has 0 saturated heterocycles. The first kappa shape index (κ1) is 15.3. The monoisotopic (exact) mass is 292 g/mol. The predicted octanol–water partition coefficient (Wildman–Crippen LogP) is 3.23. The Morgan fingerprint density at radius 1 is 1.19 bits per heavy atom. The van der Waals surface area contributed by atoms with Gasteiger partial charge in [0.05, 0.1) is 6.04 Å². The van der Waals surface area contributed by atoms with Gasteiger partial charge in [-0.05, 0) is 61.2 Å². The standard InChI is InChI=1S/C18H32N2O/c1-5-12(2)14(19)15(21)20-18-8-13-6-16(3,10-18)9-17(4,7-13)11-18/h12-14H,5-11,19H2,1-4H3,(H,20,21)/t12-,13?,14-,16?,17?,18?/m0/s1. The summed E-state index contributed by atoms with van der Waals surface area (Å²) in [4.78, 5) is 12.6. The van der Waals surface area contributed by atoms with Crippen LogP contribution in [-0.2, 0) is 4.79 Å². The minimum atomic E-state index is -0.358. The topological polar surface area (TPSA) is 55.1 Å². The molecule has 4 bridgehead atoms. The Labute approximate surface area is 129 Å². The van der Waals surface area contributed by atoms with Crippen LogP contribution in [0.2, 0.25) is 0 Å². The van der Waals surface area contributed by atoms with Crippen molar-refractivity contribution < 1.29 is 4.79 Å². The third-order valence-corrected chi connectivity index (χ3v) is 6.57. The van der Waals surface area contributed by atoms with Crippen molar-refractivity contribution in [1.29, 1.82) is 0 Å². The van der Waals surface area contributed by atoms with Crippen molar-refractivity contribution in [1.82, 2.24) is 5.32 Å². The van der Waals surface area contributed by atoms with Crippen molar-refractivity contribution in [2.45, 2.75) is 84.2 Å². The van der Waals surface area contributed by atoms with Gasteiger partial charge in [0.1, 0.15) is 0 Å². The zero-order chi connectivity index (χ0) is 15.5. The first-order valence-electron chi connectivity index (χ1n) is 8.76. The van der Waals surface area contributed by atoms with Gasteiger partial charge in [0, 0.05) is 5.54 Å². The second-order valence-electron chi connectivity index (χ2n) is 9.31. The fourth-order valence-corrected chi connectivity index (χ4v) is 6.44. The van der Waals surface area contributed by atoms with Crippen LogP contribution in [0.3, 0.4) is 0 Å². The lowest BCUT2D eigenvalue weighted by molar-refractivity contribution is -0.141. The van der Waals surface area contributed by atoms with Crippen LogP contribution in [-0.4, -0.2) is 17.5 Å². The minimum absolute atomic E-state index is 0.0328. The highest BCUT2D eigenvalue weighted by Crippen LogP contribution is 2.66. The highest BCUT2D eigenvalue weighted by molar-refractivity contribution is 5.82. The molecule has 0 aromatic rings. The number of hydrogen-bond donors (Lipinski definition) is 2. The van der Waals surface area contributed by atoms with Crippen LogP contribution in [0.15, 0.2) is 0 Å². The Morgan fingerprint density at radius 3 is 2.24 bits per heavy atom. The lowest BCUT2D eigenvalue weighted by Crippen LogP contribution is -2.66. The molecule has 3 N–H and O–H groups in total. The number of rotatable bonds is 4. The average molecular weight is 292 g/mol. The molecule has 4 atom stereocenters. The van der Waals surface area contributed by atoms with E-state index >= 15 is 0 Å². The SMILES string of the molecule is CC[C@H](C)[C@H](N)C(=O)NC12CC3CC(C)(CC(C)(C3)C1)C2. The zero-order valence-electron chi connectivity index (χ0n) is 14.2. The van der Waals surface area contributed by atoms with E-state index in [4.69, 9.17) is 5.73 Å². The van der Waals surface area contributed by atoms with Gasteiger partial charge in [-0.25, -0.2) is 0 Å². The van der Waals surface area contributed by atoms with E-state index in [0.29, 0.717) is 10.8 Å². The van der Waals surface area contributed by atoms with E-state index in [1.165, 1.54) is 25.7 Å². The van der Waals surface area contributed by atoms with E-state index in [1.807, 2.05) is 0 Å². The zero-order valence-corrected chi connectivity index (χ0v) is 14.2. The lowest BCUT2D eigenvalue weighted by Gasteiger charge is -2.65. The number of nitrogens with one attached hydrogen (secondary N) is 1. The van der Waals surface area contributed by atoms with E-state index in [9.17, 15) is 4.79 Å². The van der Waals surface area contributed by atoms with Gasteiger partial charge in [0.2, 0.25) is 5.91 Å². The van der Waals surface area contributed by atoms with Crippen LogP contribution < -0.4 is 11.1 Å².